The molecule has 0 aliphatic carbocycles. The monoisotopic (exact) mass is 262 g/mol. The van der Waals surface area contributed by atoms with Crippen LogP contribution < -0.4 is 10.6 Å². The summed E-state index contributed by atoms with van der Waals surface area (Å²) in [5.41, 5.74) is 1.14. The second kappa shape index (κ2) is 5.84. The molecule has 1 aliphatic heterocycles. The Morgan fingerprint density at radius 3 is 2.58 bits per heavy atom. The fourth-order valence-corrected chi connectivity index (χ4v) is 2.25. The molecular weight excluding hydrogens is 244 g/mol. The summed E-state index contributed by atoms with van der Waals surface area (Å²) in [7, 11) is 0. The van der Waals surface area contributed by atoms with Crippen molar-refractivity contribution in [2.75, 3.05) is 6.54 Å². The summed E-state index contributed by atoms with van der Waals surface area (Å²) < 4.78 is 0. The van der Waals surface area contributed by atoms with Gasteiger partial charge in [-0.25, -0.2) is 4.79 Å². The Hall–Kier alpha value is -1.88. The van der Waals surface area contributed by atoms with Crippen molar-refractivity contribution >= 4 is 11.9 Å². The predicted octanol–water partition coefficient (Wildman–Crippen LogP) is 0.999. The third kappa shape index (κ3) is 3.32. The molecule has 0 saturated carbocycles. The second-order valence-electron chi connectivity index (χ2n) is 4.92. The van der Waals surface area contributed by atoms with Crippen LogP contribution >= 0.6 is 0 Å². The van der Waals surface area contributed by atoms with Crippen LogP contribution in [-0.2, 0) is 11.3 Å². The minimum atomic E-state index is -0.945. The summed E-state index contributed by atoms with van der Waals surface area (Å²) in [6, 6.07) is 6.41. The molecule has 0 spiro atoms. The number of carbonyl (C=O) groups is 2. The SMILES string of the molecule is CC1CCNC1C(=O)NCc1ccc(C(=O)O)cc1. The molecule has 1 heterocycles. The Kier molecular flexibility index (Phi) is 4.16. The first-order valence-electron chi connectivity index (χ1n) is 6.41. The van der Waals surface area contributed by atoms with E-state index in [2.05, 4.69) is 17.6 Å². The molecule has 19 heavy (non-hydrogen) atoms. The number of hydrogen-bond donors (Lipinski definition) is 3. The summed E-state index contributed by atoms with van der Waals surface area (Å²) in [6.07, 6.45) is 1.02. The van der Waals surface area contributed by atoms with E-state index in [0.717, 1.165) is 18.5 Å². The van der Waals surface area contributed by atoms with Crippen molar-refractivity contribution in [2.45, 2.75) is 25.9 Å². The molecule has 5 nitrogen and oxygen atoms in total. The summed E-state index contributed by atoms with van der Waals surface area (Å²) in [5.74, 6) is -0.582. The molecule has 1 fully saturated rings. The van der Waals surface area contributed by atoms with E-state index in [4.69, 9.17) is 5.11 Å². The largest absolute Gasteiger partial charge is 0.478 e. The van der Waals surface area contributed by atoms with E-state index < -0.39 is 5.97 Å². The lowest BCUT2D eigenvalue weighted by Gasteiger charge is -2.15. The van der Waals surface area contributed by atoms with Gasteiger partial charge in [0, 0.05) is 6.54 Å². The van der Waals surface area contributed by atoms with Gasteiger partial charge in [-0.1, -0.05) is 19.1 Å². The maximum absolute atomic E-state index is 11.9. The van der Waals surface area contributed by atoms with E-state index in [1.165, 1.54) is 0 Å². The molecule has 102 valence electrons. The third-order valence-electron chi connectivity index (χ3n) is 3.48. The number of carboxylic acids is 1. The van der Waals surface area contributed by atoms with Crippen molar-refractivity contribution in [3.63, 3.8) is 0 Å². The molecule has 2 rings (SSSR count). The summed E-state index contributed by atoms with van der Waals surface area (Å²) in [5, 5.41) is 14.8. The number of carboxylic acid groups (broad SMARTS) is 1. The second-order valence-corrected chi connectivity index (χ2v) is 4.92. The molecular formula is C14H18N2O3. The van der Waals surface area contributed by atoms with Crippen molar-refractivity contribution in [3.8, 4) is 0 Å². The Balaban J connectivity index is 1.88. The Labute approximate surface area is 112 Å². The van der Waals surface area contributed by atoms with Gasteiger partial charge in [-0.2, -0.15) is 0 Å². The van der Waals surface area contributed by atoms with E-state index in [1.807, 2.05) is 0 Å². The molecule has 3 N–H and O–H groups in total. The molecule has 2 atom stereocenters. The van der Waals surface area contributed by atoms with Gasteiger partial charge in [0.2, 0.25) is 5.91 Å². The number of aromatic carboxylic acids is 1. The molecule has 1 aromatic rings. The molecule has 2 unspecified atom stereocenters. The van der Waals surface area contributed by atoms with Crippen LogP contribution in [0.2, 0.25) is 0 Å². The number of benzene rings is 1. The Morgan fingerprint density at radius 2 is 2.05 bits per heavy atom. The van der Waals surface area contributed by atoms with Crippen LogP contribution in [0.1, 0.15) is 29.3 Å². The molecule has 0 aromatic heterocycles. The van der Waals surface area contributed by atoms with Crippen molar-refractivity contribution in [3.05, 3.63) is 35.4 Å². The van der Waals surface area contributed by atoms with Gasteiger partial charge in [-0.3, -0.25) is 4.79 Å². The molecule has 1 saturated heterocycles. The number of hydrogen-bond acceptors (Lipinski definition) is 3. The third-order valence-corrected chi connectivity index (χ3v) is 3.48. The lowest BCUT2D eigenvalue weighted by molar-refractivity contribution is -0.123. The zero-order valence-corrected chi connectivity index (χ0v) is 10.8. The molecule has 5 heteroatoms. The van der Waals surface area contributed by atoms with Gasteiger partial charge in [0.25, 0.3) is 0 Å². The maximum atomic E-state index is 11.9. The van der Waals surface area contributed by atoms with Crippen LogP contribution in [-0.4, -0.2) is 29.6 Å². The highest BCUT2D eigenvalue weighted by molar-refractivity contribution is 5.87. The van der Waals surface area contributed by atoms with Crippen LogP contribution in [0.5, 0.6) is 0 Å². The van der Waals surface area contributed by atoms with E-state index >= 15 is 0 Å². The Bertz CT molecular complexity index is 470. The highest BCUT2D eigenvalue weighted by Gasteiger charge is 2.28. The van der Waals surface area contributed by atoms with Gasteiger partial charge in [-0.15, -0.1) is 0 Å². The highest BCUT2D eigenvalue weighted by atomic mass is 16.4. The quantitative estimate of drug-likeness (QED) is 0.756. The van der Waals surface area contributed by atoms with Crippen molar-refractivity contribution in [1.82, 2.24) is 10.6 Å². The minimum absolute atomic E-state index is 0.00677. The summed E-state index contributed by atoms with van der Waals surface area (Å²) in [4.78, 5) is 22.6. The van der Waals surface area contributed by atoms with Crippen LogP contribution in [0, 0.1) is 5.92 Å². The van der Waals surface area contributed by atoms with E-state index in [9.17, 15) is 9.59 Å². The fraction of sp³-hybridized carbons (Fsp3) is 0.429. The summed E-state index contributed by atoms with van der Waals surface area (Å²) >= 11 is 0. The zero-order chi connectivity index (χ0) is 13.8. The standard InChI is InChI=1S/C14H18N2O3/c1-9-6-7-15-12(9)13(17)16-8-10-2-4-11(5-3-10)14(18)19/h2-5,9,12,15H,6-8H2,1H3,(H,16,17)(H,18,19). The van der Waals surface area contributed by atoms with Crippen LogP contribution in [0.25, 0.3) is 0 Å². The van der Waals surface area contributed by atoms with Crippen molar-refractivity contribution in [1.29, 1.82) is 0 Å². The minimum Gasteiger partial charge on any atom is -0.478 e. The molecule has 1 amide bonds. The molecule has 0 radical (unpaired) electrons. The lowest BCUT2D eigenvalue weighted by atomic mass is 10.0. The average molecular weight is 262 g/mol. The molecule has 0 bridgehead atoms. The van der Waals surface area contributed by atoms with E-state index in [1.54, 1.807) is 24.3 Å². The molecule has 1 aliphatic rings. The summed E-state index contributed by atoms with van der Waals surface area (Å²) in [6.45, 7) is 3.36. The Morgan fingerprint density at radius 1 is 1.37 bits per heavy atom. The van der Waals surface area contributed by atoms with Gasteiger partial charge < -0.3 is 15.7 Å². The van der Waals surface area contributed by atoms with Gasteiger partial charge in [0.1, 0.15) is 0 Å². The van der Waals surface area contributed by atoms with Gasteiger partial charge >= 0.3 is 5.97 Å². The van der Waals surface area contributed by atoms with Crippen LogP contribution in [0.4, 0.5) is 0 Å². The van der Waals surface area contributed by atoms with Crippen molar-refractivity contribution < 1.29 is 14.7 Å². The van der Waals surface area contributed by atoms with Crippen molar-refractivity contribution in [2.24, 2.45) is 5.92 Å². The average Bonchev–Trinajstić information content (AvgIpc) is 2.83. The first kappa shape index (κ1) is 13.5. The number of amides is 1. The van der Waals surface area contributed by atoms with E-state index in [-0.39, 0.29) is 17.5 Å². The zero-order valence-electron chi connectivity index (χ0n) is 10.8. The maximum Gasteiger partial charge on any atom is 0.335 e. The predicted molar refractivity (Wildman–Crippen MR) is 70.8 cm³/mol. The first-order chi connectivity index (χ1) is 9.08. The smallest absolute Gasteiger partial charge is 0.335 e. The highest BCUT2D eigenvalue weighted by Crippen LogP contribution is 2.14. The van der Waals surface area contributed by atoms with Gasteiger partial charge in [0.05, 0.1) is 11.6 Å². The number of rotatable bonds is 4. The lowest BCUT2D eigenvalue weighted by Crippen LogP contribution is -2.42. The normalized spacial score (nSPS) is 22.2. The fourth-order valence-electron chi connectivity index (χ4n) is 2.25. The van der Waals surface area contributed by atoms with Crippen LogP contribution in [0.15, 0.2) is 24.3 Å². The van der Waals surface area contributed by atoms with Gasteiger partial charge in [0.15, 0.2) is 0 Å². The topological polar surface area (TPSA) is 78.4 Å². The first-order valence-corrected chi connectivity index (χ1v) is 6.41. The van der Waals surface area contributed by atoms with E-state index in [0.29, 0.717) is 12.5 Å². The van der Waals surface area contributed by atoms with Crippen LogP contribution in [0.3, 0.4) is 0 Å². The van der Waals surface area contributed by atoms with Gasteiger partial charge in [-0.05, 0) is 36.6 Å². The number of carbonyl (C=O) groups excluding carboxylic acids is 1. The number of nitrogens with one attached hydrogen (secondary N) is 2. The molecule has 1 aromatic carbocycles.